The molecule has 0 saturated heterocycles. The molecule has 0 aromatic heterocycles. The fourth-order valence-electron chi connectivity index (χ4n) is 6.05. The minimum Gasteiger partial charge on any atom is -0.477 e. The predicted octanol–water partition coefficient (Wildman–Crippen LogP) is 14.1. The van der Waals surface area contributed by atoms with Crippen LogP contribution in [0.25, 0.3) is 0 Å². The second-order valence-corrected chi connectivity index (χ2v) is 16.6. The maximum atomic E-state index is 12.8. The van der Waals surface area contributed by atoms with E-state index in [4.69, 9.17) is 14.2 Å². The second kappa shape index (κ2) is 45.8. The van der Waals surface area contributed by atoms with Crippen LogP contribution in [0.2, 0.25) is 0 Å². The van der Waals surface area contributed by atoms with Gasteiger partial charge in [0, 0.05) is 19.3 Å². The van der Waals surface area contributed by atoms with Crippen molar-refractivity contribution in [1.82, 2.24) is 0 Å². The zero-order valence-corrected chi connectivity index (χ0v) is 41.1. The van der Waals surface area contributed by atoms with E-state index in [1.807, 2.05) is 21.1 Å². The van der Waals surface area contributed by atoms with E-state index in [0.29, 0.717) is 19.3 Å². The third kappa shape index (κ3) is 44.2. The van der Waals surface area contributed by atoms with E-state index in [2.05, 4.69) is 160 Å². The summed E-state index contributed by atoms with van der Waals surface area (Å²) in [6.07, 6.45) is 67.6. The number of esters is 2. The average molecular weight is 899 g/mol. The minimum absolute atomic E-state index is 0.0135. The number of unbranched alkanes of at least 4 members (excludes halogenated alkanes) is 3. The molecule has 0 aromatic rings. The third-order valence-electron chi connectivity index (χ3n) is 9.73. The van der Waals surface area contributed by atoms with Crippen LogP contribution in [0, 0.1) is 0 Å². The molecule has 0 radical (unpaired) electrons. The lowest BCUT2D eigenvalue weighted by molar-refractivity contribution is -0.887. The van der Waals surface area contributed by atoms with Crippen molar-refractivity contribution in [1.29, 1.82) is 0 Å². The van der Waals surface area contributed by atoms with Crippen LogP contribution in [0.1, 0.15) is 142 Å². The first-order chi connectivity index (χ1) is 31.6. The number of aliphatic carboxylic acids is 1. The van der Waals surface area contributed by atoms with Crippen LogP contribution in [-0.2, 0) is 28.6 Å². The molecule has 0 saturated carbocycles. The number of hydrogen-bond acceptors (Lipinski definition) is 6. The van der Waals surface area contributed by atoms with Crippen molar-refractivity contribution in [3.8, 4) is 0 Å². The van der Waals surface area contributed by atoms with Gasteiger partial charge in [-0.05, 0) is 109 Å². The molecule has 8 nitrogen and oxygen atoms in total. The number of carbonyl (C=O) groups excluding carboxylic acids is 2. The smallest absolute Gasteiger partial charge is 0.362 e. The molecule has 0 amide bonds. The molecule has 0 heterocycles. The average Bonchev–Trinajstić information content (AvgIpc) is 3.27. The maximum Gasteiger partial charge on any atom is 0.362 e. The van der Waals surface area contributed by atoms with E-state index in [0.717, 1.165) is 96.3 Å². The van der Waals surface area contributed by atoms with Gasteiger partial charge in [0.15, 0.2) is 12.1 Å². The number of nitrogens with zero attached hydrogens (tertiary/aromatic N) is 1. The number of ether oxygens (including phenoxy) is 3. The lowest BCUT2D eigenvalue weighted by Gasteiger charge is -2.31. The molecule has 0 aromatic carbocycles. The number of likely N-dealkylation sites (N-methyl/N-ethyl adjacent to an activating group) is 1. The highest BCUT2D eigenvalue weighted by Crippen LogP contribution is 2.11. The van der Waals surface area contributed by atoms with Crippen LogP contribution in [0.4, 0.5) is 0 Å². The Kier molecular flexibility index (Phi) is 42.4. The van der Waals surface area contributed by atoms with Crippen LogP contribution in [0.5, 0.6) is 0 Å². The Bertz CT molecular complexity index is 1560. The molecule has 0 fully saturated rings. The zero-order valence-electron chi connectivity index (χ0n) is 41.1. The summed E-state index contributed by atoms with van der Waals surface area (Å²) < 4.78 is 17.2. The molecule has 0 rings (SSSR count). The molecular weight excluding hydrogens is 811 g/mol. The third-order valence-corrected chi connectivity index (χ3v) is 9.73. The van der Waals surface area contributed by atoms with E-state index in [1.165, 1.54) is 0 Å². The zero-order chi connectivity index (χ0) is 47.7. The lowest BCUT2D eigenvalue weighted by atomic mass is 10.1. The van der Waals surface area contributed by atoms with E-state index in [1.54, 1.807) is 0 Å². The van der Waals surface area contributed by atoms with Gasteiger partial charge in [-0.15, -0.1) is 0 Å². The standard InChI is InChI=1S/C57H87NO7/c1-6-8-10-12-14-16-18-20-22-24-26-28-30-32-34-36-38-40-42-44-46-48-56(60)65-53(51-63-50-49-54(57(61)62)58(3,4)5)52-64-55(59)47-45-43-41-39-37-35-33-31-29-27-25-23-21-19-17-15-13-11-9-7-2/h8-11,14-17,20-23,26-29,32-35,38-41,53-54H,6-7,12-13,18-19,24-25,30-31,36-37,42-52H2,1-5H3/p+1/b10-8+,11-9+,16-14+,17-15+,22-20+,23-21+,28-26+,29-27+,34-32+,35-33+,40-38+,41-39+. The molecule has 1 N–H and O–H groups in total. The number of carbonyl (C=O) groups is 3. The molecule has 2 unspecified atom stereocenters. The number of hydrogen-bond donors (Lipinski definition) is 1. The van der Waals surface area contributed by atoms with Crippen molar-refractivity contribution in [2.24, 2.45) is 0 Å². The summed E-state index contributed by atoms with van der Waals surface area (Å²) in [6, 6.07) is -0.642. The fraction of sp³-hybridized carbons (Fsp3) is 0.526. The second-order valence-electron chi connectivity index (χ2n) is 16.6. The number of carboxylic acids is 1. The van der Waals surface area contributed by atoms with Gasteiger partial charge in [-0.1, -0.05) is 160 Å². The van der Waals surface area contributed by atoms with E-state index >= 15 is 0 Å². The van der Waals surface area contributed by atoms with Crippen molar-refractivity contribution < 1.29 is 38.2 Å². The van der Waals surface area contributed by atoms with Crippen LogP contribution < -0.4 is 0 Å². The van der Waals surface area contributed by atoms with Crippen molar-refractivity contribution in [2.75, 3.05) is 41.0 Å². The van der Waals surface area contributed by atoms with Gasteiger partial charge in [-0.3, -0.25) is 9.59 Å². The molecule has 0 aliphatic rings. The Labute approximate surface area is 395 Å². The minimum atomic E-state index is -0.897. The number of allylic oxidation sites excluding steroid dienone is 24. The van der Waals surface area contributed by atoms with Crippen LogP contribution >= 0.6 is 0 Å². The number of quaternary nitrogens is 1. The van der Waals surface area contributed by atoms with Gasteiger partial charge >= 0.3 is 17.9 Å². The molecule has 0 aliphatic carbocycles. The van der Waals surface area contributed by atoms with E-state index < -0.39 is 18.1 Å². The van der Waals surface area contributed by atoms with Crippen LogP contribution in [0.3, 0.4) is 0 Å². The van der Waals surface area contributed by atoms with Gasteiger partial charge in [-0.25, -0.2) is 4.79 Å². The van der Waals surface area contributed by atoms with Gasteiger partial charge in [0.05, 0.1) is 34.4 Å². The number of carboxylic acid groups (broad SMARTS) is 1. The molecule has 362 valence electrons. The Morgan fingerprint density at radius 3 is 1.18 bits per heavy atom. The summed E-state index contributed by atoms with van der Waals surface area (Å²) in [7, 11) is 5.48. The van der Waals surface area contributed by atoms with Crippen molar-refractivity contribution >= 4 is 17.9 Å². The molecule has 0 bridgehead atoms. The lowest BCUT2D eigenvalue weighted by Crippen LogP contribution is -2.50. The van der Waals surface area contributed by atoms with Gasteiger partial charge in [0.1, 0.15) is 6.61 Å². The number of rotatable bonds is 41. The highest BCUT2D eigenvalue weighted by molar-refractivity contribution is 5.72. The van der Waals surface area contributed by atoms with Gasteiger partial charge in [0.2, 0.25) is 0 Å². The topological polar surface area (TPSA) is 99.1 Å². The summed E-state index contributed by atoms with van der Waals surface area (Å²) in [4.78, 5) is 37.1. The highest BCUT2D eigenvalue weighted by Gasteiger charge is 2.31. The van der Waals surface area contributed by atoms with Gasteiger partial charge < -0.3 is 23.8 Å². The van der Waals surface area contributed by atoms with Crippen molar-refractivity contribution in [2.45, 2.75) is 154 Å². The predicted molar refractivity (Wildman–Crippen MR) is 274 cm³/mol. The summed E-state index contributed by atoms with van der Waals surface area (Å²) >= 11 is 0. The first-order valence-electron chi connectivity index (χ1n) is 24.4. The Balaban J connectivity index is 4.51. The summed E-state index contributed by atoms with van der Waals surface area (Å²) in [5.41, 5.74) is 0. The Morgan fingerprint density at radius 1 is 0.462 bits per heavy atom. The van der Waals surface area contributed by atoms with Gasteiger partial charge in [-0.2, -0.15) is 0 Å². The fourth-order valence-corrected chi connectivity index (χ4v) is 6.05. The molecule has 2 atom stereocenters. The quantitative estimate of drug-likeness (QED) is 0.0282. The molecule has 8 heteroatoms. The summed E-state index contributed by atoms with van der Waals surface area (Å²) in [6.45, 7) is 4.37. The van der Waals surface area contributed by atoms with Crippen molar-refractivity contribution in [3.63, 3.8) is 0 Å². The maximum absolute atomic E-state index is 12.8. The van der Waals surface area contributed by atoms with Crippen LogP contribution in [0.15, 0.2) is 146 Å². The first kappa shape index (κ1) is 60.2. The largest absolute Gasteiger partial charge is 0.477 e. The summed E-state index contributed by atoms with van der Waals surface area (Å²) in [5.74, 6) is -1.62. The first-order valence-corrected chi connectivity index (χ1v) is 24.4. The molecule has 0 aliphatic heterocycles. The van der Waals surface area contributed by atoms with Crippen LogP contribution in [-0.4, -0.2) is 80.6 Å². The van der Waals surface area contributed by atoms with Crippen molar-refractivity contribution in [3.05, 3.63) is 146 Å². The molecule has 0 spiro atoms. The van der Waals surface area contributed by atoms with E-state index in [-0.39, 0.29) is 49.1 Å². The molecular formula is C57H88NO7+. The highest BCUT2D eigenvalue weighted by atomic mass is 16.6. The summed E-state index contributed by atoms with van der Waals surface area (Å²) in [5, 5.41) is 9.65. The normalized spacial score (nSPS) is 14.2. The molecule has 65 heavy (non-hydrogen) atoms. The van der Waals surface area contributed by atoms with E-state index in [9.17, 15) is 19.5 Å². The van der Waals surface area contributed by atoms with Gasteiger partial charge in [0.25, 0.3) is 0 Å². The SMILES string of the molecule is CC/C=C/C/C=C/C/C=C/C/C=C/C/C=C/C/C=C/CCCCC(=O)OC(COCCC(C(=O)O)[N+](C)(C)C)COC(=O)CCC/C=C/C/C=C/C/C=C/C/C=C/C/C=C/C/C=C/CC. The monoisotopic (exact) mass is 899 g/mol. The Morgan fingerprint density at radius 2 is 0.815 bits per heavy atom. The Hall–Kier alpha value is -4.79.